The number of carbonyl (C=O) groups excluding carboxylic acids is 1. The summed E-state index contributed by atoms with van der Waals surface area (Å²) in [4.78, 5) is 19.4. The average molecular weight is 371 g/mol. The number of anilines is 3. The second-order valence-corrected chi connectivity index (χ2v) is 5.88. The lowest BCUT2D eigenvalue weighted by Gasteiger charge is -2.19. The van der Waals surface area contributed by atoms with E-state index in [0.717, 1.165) is 0 Å². The molecule has 0 fully saturated rings. The summed E-state index contributed by atoms with van der Waals surface area (Å²) in [5.41, 5.74) is 1.70. The van der Waals surface area contributed by atoms with Crippen molar-refractivity contribution in [1.82, 2.24) is 9.97 Å². The van der Waals surface area contributed by atoms with Gasteiger partial charge in [0, 0.05) is 11.3 Å². The first-order valence-corrected chi connectivity index (χ1v) is 8.10. The van der Waals surface area contributed by atoms with Crippen LogP contribution in [-0.2, 0) is 4.79 Å². The molecule has 0 bridgehead atoms. The minimum Gasteiger partial charge on any atom is -0.482 e. The van der Waals surface area contributed by atoms with Crippen molar-refractivity contribution in [3.8, 4) is 17.0 Å². The fourth-order valence-electron chi connectivity index (χ4n) is 2.59. The third-order valence-electron chi connectivity index (χ3n) is 3.75. The standard InChI is InChI=1S/C18H12ClFN4O2/c19-18-23-16(10-4-2-1-3-5-10)15(20)17(24-18)21-11-6-7-13-12(8-11)22-14(25)9-26-13/h1-8H,9H2,(H,22,25)(H,21,23,24). The SMILES string of the molecule is O=C1COc2ccc(Nc3nc(Cl)nc(-c4ccccc4)c3F)cc2N1. The van der Waals surface area contributed by atoms with E-state index in [1.807, 2.05) is 6.07 Å². The summed E-state index contributed by atoms with van der Waals surface area (Å²) in [7, 11) is 0. The van der Waals surface area contributed by atoms with E-state index in [2.05, 4.69) is 20.6 Å². The van der Waals surface area contributed by atoms with Crippen molar-refractivity contribution in [1.29, 1.82) is 0 Å². The van der Waals surface area contributed by atoms with Crippen molar-refractivity contribution in [2.75, 3.05) is 17.2 Å². The van der Waals surface area contributed by atoms with Crippen LogP contribution in [0.4, 0.5) is 21.6 Å². The predicted molar refractivity (Wildman–Crippen MR) is 96.3 cm³/mol. The van der Waals surface area contributed by atoms with Gasteiger partial charge in [0.1, 0.15) is 11.4 Å². The number of nitrogens with zero attached hydrogens (tertiary/aromatic N) is 2. The van der Waals surface area contributed by atoms with Gasteiger partial charge in [0.25, 0.3) is 5.91 Å². The molecule has 130 valence electrons. The molecule has 1 aliphatic rings. The van der Waals surface area contributed by atoms with Crippen molar-refractivity contribution < 1.29 is 13.9 Å². The first-order valence-electron chi connectivity index (χ1n) is 7.72. The van der Waals surface area contributed by atoms with Gasteiger partial charge in [0.15, 0.2) is 18.2 Å². The molecule has 1 amide bonds. The van der Waals surface area contributed by atoms with Gasteiger partial charge in [-0.1, -0.05) is 30.3 Å². The second kappa shape index (κ2) is 6.61. The molecule has 0 spiro atoms. The van der Waals surface area contributed by atoms with Gasteiger partial charge < -0.3 is 15.4 Å². The Morgan fingerprint density at radius 3 is 2.77 bits per heavy atom. The summed E-state index contributed by atoms with van der Waals surface area (Å²) in [5, 5.41) is 5.48. The molecular formula is C18H12ClFN4O2. The highest BCUT2D eigenvalue weighted by Crippen LogP contribution is 2.33. The molecule has 0 unspecified atom stereocenters. The first kappa shape index (κ1) is 16.3. The van der Waals surface area contributed by atoms with Gasteiger partial charge in [-0.15, -0.1) is 0 Å². The minimum absolute atomic E-state index is 0.0314. The largest absolute Gasteiger partial charge is 0.482 e. The Labute approximate surface area is 153 Å². The maximum Gasteiger partial charge on any atom is 0.262 e. The van der Waals surface area contributed by atoms with Crippen molar-refractivity contribution >= 4 is 34.7 Å². The van der Waals surface area contributed by atoms with E-state index < -0.39 is 5.82 Å². The molecule has 1 aromatic heterocycles. The Kier molecular flexibility index (Phi) is 4.14. The van der Waals surface area contributed by atoms with E-state index in [-0.39, 0.29) is 29.3 Å². The van der Waals surface area contributed by atoms with Crippen LogP contribution in [-0.4, -0.2) is 22.5 Å². The molecule has 0 radical (unpaired) electrons. The van der Waals surface area contributed by atoms with E-state index >= 15 is 0 Å². The first-order chi connectivity index (χ1) is 12.6. The van der Waals surface area contributed by atoms with E-state index in [1.165, 1.54) is 0 Å². The maximum absolute atomic E-state index is 14.9. The summed E-state index contributed by atoms with van der Waals surface area (Å²) in [6.07, 6.45) is 0. The van der Waals surface area contributed by atoms with Gasteiger partial charge in [0.05, 0.1) is 5.69 Å². The summed E-state index contributed by atoms with van der Waals surface area (Å²) < 4.78 is 20.2. The lowest BCUT2D eigenvalue weighted by molar-refractivity contribution is -0.118. The topological polar surface area (TPSA) is 76.1 Å². The van der Waals surface area contributed by atoms with Gasteiger partial charge in [-0.2, -0.15) is 4.98 Å². The van der Waals surface area contributed by atoms with Gasteiger partial charge >= 0.3 is 0 Å². The third-order valence-corrected chi connectivity index (χ3v) is 3.92. The maximum atomic E-state index is 14.9. The number of hydrogen-bond acceptors (Lipinski definition) is 5. The number of aromatic nitrogens is 2. The molecule has 0 aliphatic carbocycles. The smallest absolute Gasteiger partial charge is 0.262 e. The van der Waals surface area contributed by atoms with Gasteiger partial charge in [-0.3, -0.25) is 4.79 Å². The molecule has 4 rings (SSSR count). The van der Waals surface area contributed by atoms with Crippen LogP contribution in [0.15, 0.2) is 48.5 Å². The molecule has 2 heterocycles. The van der Waals surface area contributed by atoms with E-state index in [4.69, 9.17) is 16.3 Å². The summed E-state index contributed by atoms with van der Waals surface area (Å²) >= 11 is 5.97. The van der Waals surface area contributed by atoms with Crippen LogP contribution in [0.5, 0.6) is 5.75 Å². The van der Waals surface area contributed by atoms with Crippen molar-refractivity contribution in [2.24, 2.45) is 0 Å². The van der Waals surface area contributed by atoms with Crippen molar-refractivity contribution in [3.63, 3.8) is 0 Å². The number of carbonyl (C=O) groups is 1. The molecule has 8 heteroatoms. The fraction of sp³-hybridized carbons (Fsp3) is 0.0556. The number of ether oxygens (including phenoxy) is 1. The molecule has 26 heavy (non-hydrogen) atoms. The van der Waals surface area contributed by atoms with Crippen molar-refractivity contribution in [3.05, 3.63) is 59.6 Å². The fourth-order valence-corrected chi connectivity index (χ4v) is 2.76. The van der Waals surface area contributed by atoms with Gasteiger partial charge in [-0.25, -0.2) is 9.37 Å². The van der Waals surface area contributed by atoms with Crippen LogP contribution >= 0.6 is 11.6 Å². The molecule has 0 atom stereocenters. The Morgan fingerprint density at radius 2 is 1.96 bits per heavy atom. The van der Waals surface area contributed by atoms with Crippen LogP contribution in [0, 0.1) is 5.82 Å². The van der Waals surface area contributed by atoms with Crippen LogP contribution in [0.3, 0.4) is 0 Å². The normalized spacial score (nSPS) is 12.8. The van der Waals surface area contributed by atoms with Crippen molar-refractivity contribution in [2.45, 2.75) is 0 Å². The number of benzene rings is 2. The molecule has 0 saturated carbocycles. The minimum atomic E-state index is -0.626. The summed E-state index contributed by atoms with van der Waals surface area (Å²) in [6, 6.07) is 13.9. The number of rotatable bonds is 3. The van der Waals surface area contributed by atoms with Gasteiger partial charge in [0.2, 0.25) is 5.28 Å². The zero-order valence-electron chi connectivity index (χ0n) is 13.3. The highest BCUT2D eigenvalue weighted by Gasteiger charge is 2.18. The van der Waals surface area contributed by atoms with E-state index in [0.29, 0.717) is 22.7 Å². The Bertz CT molecular complexity index is 998. The molecular weight excluding hydrogens is 359 g/mol. The van der Waals surface area contributed by atoms with Crippen LogP contribution < -0.4 is 15.4 Å². The number of fused-ring (bicyclic) bond motifs is 1. The predicted octanol–water partition coefficient (Wildman–Crippen LogP) is 4.01. The van der Waals surface area contributed by atoms with E-state index in [9.17, 15) is 9.18 Å². The zero-order valence-corrected chi connectivity index (χ0v) is 14.0. The Balaban J connectivity index is 1.70. The Hall–Kier alpha value is -3.19. The summed E-state index contributed by atoms with van der Waals surface area (Å²) in [6.45, 7) is -0.0314. The number of hydrogen-bond donors (Lipinski definition) is 2. The highest BCUT2D eigenvalue weighted by molar-refractivity contribution is 6.28. The third kappa shape index (κ3) is 3.16. The molecule has 0 saturated heterocycles. The molecule has 2 N–H and O–H groups in total. The van der Waals surface area contributed by atoms with E-state index in [1.54, 1.807) is 42.5 Å². The second-order valence-electron chi connectivity index (χ2n) is 5.54. The molecule has 6 nitrogen and oxygen atoms in total. The molecule has 1 aliphatic heterocycles. The molecule has 2 aromatic carbocycles. The lowest BCUT2D eigenvalue weighted by Crippen LogP contribution is -2.25. The highest BCUT2D eigenvalue weighted by atomic mass is 35.5. The number of nitrogens with one attached hydrogen (secondary N) is 2. The van der Waals surface area contributed by atoms with Gasteiger partial charge in [-0.05, 0) is 29.8 Å². The van der Waals surface area contributed by atoms with Crippen LogP contribution in [0.1, 0.15) is 0 Å². The monoisotopic (exact) mass is 370 g/mol. The van der Waals surface area contributed by atoms with Crippen LogP contribution in [0.2, 0.25) is 5.28 Å². The number of halogens is 2. The average Bonchev–Trinajstić information content (AvgIpc) is 2.65. The van der Waals surface area contributed by atoms with Crippen LogP contribution in [0.25, 0.3) is 11.3 Å². The number of amides is 1. The molecule has 3 aromatic rings. The lowest BCUT2D eigenvalue weighted by atomic mass is 10.1. The zero-order chi connectivity index (χ0) is 18.1. The summed E-state index contributed by atoms with van der Waals surface area (Å²) in [5.74, 6) is -0.399. The quantitative estimate of drug-likeness (QED) is 0.681. The Morgan fingerprint density at radius 1 is 1.15 bits per heavy atom.